The standard InChI is InChI=1S/C14H23NO4/c1-9-10(5-8-19-9)12(16)15-7-4-6-14(2,3)11(15)13(17)18/h9-11H,4-8H2,1-3H3,(H,17,18). The highest BCUT2D eigenvalue weighted by atomic mass is 16.5. The average Bonchev–Trinajstić information content (AvgIpc) is 2.72. The molecule has 1 N–H and O–H groups in total. The number of carboxylic acid groups (broad SMARTS) is 1. The lowest BCUT2D eigenvalue weighted by atomic mass is 9.76. The van der Waals surface area contributed by atoms with Crippen molar-refractivity contribution in [3.8, 4) is 0 Å². The van der Waals surface area contributed by atoms with Crippen molar-refractivity contribution in [2.24, 2.45) is 11.3 Å². The molecule has 0 aromatic heterocycles. The van der Waals surface area contributed by atoms with Gasteiger partial charge in [-0.15, -0.1) is 0 Å². The van der Waals surface area contributed by atoms with Crippen LogP contribution in [-0.2, 0) is 14.3 Å². The van der Waals surface area contributed by atoms with Crippen molar-refractivity contribution in [1.29, 1.82) is 0 Å². The first-order valence-electron chi connectivity index (χ1n) is 6.99. The van der Waals surface area contributed by atoms with Crippen LogP contribution in [0.1, 0.15) is 40.0 Å². The summed E-state index contributed by atoms with van der Waals surface area (Å²) in [4.78, 5) is 25.7. The molecule has 5 nitrogen and oxygen atoms in total. The van der Waals surface area contributed by atoms with Crippen LogP contribution in [-0.4, -0.2) is 47.2 Å². The predicted octanol–water partition coefficient (Wildman–Crippen LogP) is 1.51. The third-order valence-electron chi connectivity index (χ3n) is 4.48. The van der Waals surface area contributed by atoms with Crippen LogP contribution < -0.4 is 0 Å². The van der Waals surface area contributed by atoms with Crippen LogP contribution in [0.5, 0.6) is 0 Å². The van der Waals surface area contributed by atoms with Crippen molar-refractivity contribution in [3.63, 3.8) is 0 Å². The zero-order valence-corrected chi connectivity index (χ0v) is 11.9. The number of carbonyl (C=O) groups excluding carboxylic acids is 1. The number of aliphatic carboxylic acids is 1. The quantitative estimate of drug-likeness (QED) is 0.825. The monoisotopic (exact) mass is 269 g/mol. The van der Waals surface area contributed by atoms with Gasteiger partial charge < -0.3 is 14.7 Å². The van der Waals surface area contributed by atoms with Crippen molar-refractivity contribution in [3.05, 3.63) is 0 Å². The third-order valence-corrected chi connectivity index (χ3v) is 4.48. The SMILES string of the molecule is CC1OCCC1C(=O)N1CCCC(C)(C)C1C(=O)O. The summed E-state index contributed by atoms with van der Waals surface area (Å²) in [5, 5.41) is 9.48. The first-order chi connectivity index (χ1) is 8.84. The first-order valence-corrected chi connectivity index (χ1v) is 6.99. The Hall–Kier alpha value is -1.10. The van der Waals surface area contributed by atoms with Crippen molar-refractivity contribution in [1.82, 2.24) is 4.90 Å². The van der Waals surface area contributed by atoms with E-state index >= 15 is 0 Å². The predicted molar refractivity (Wildman–Crippen MR) is 69.7 cm³/mol. The van der Waals surface area contributed by atoms with Crippen molar-refractivity contribution in [2.45, 2.75) is 52.2 Å². The maximum atomic E-state index is 12.6. The smallest absolute Gasteiger partial charge is 0.326 e. The number of carboxylic acids is 1. The van der Waals surface area contributed by atoms with E-state index in [0.29, 0.717) is 19.6 Å². The molecule has 0 aromatic rings. The molecule has 5 heteroatoms. The maximum Gasteiger partial charge on any atom is 0.326 e. The number of amides is 1. The molecule has 2 heterocycles. The van der Waals surface area contributed by atoms with E-state index in [1.54, 1.807) is 4.90 Å². The molecule has 3 unspecified atom stereocenters. The van der Waals surface area contributed by atoms with Crippen LogP contribution in [0.2, 0.25) is 0 Å². The second kappa shape index (κ2) is 5.12. The van der Waals surface area contributed by atoms with E-state index in [9.17, 15) is 14.7 Å². The minimum absolute atomic E-state index is 0.0508. The van der Waals surface area contributed by atoms with E-state index in [-0.39, 0.29) is 23.3 Å². The van der Waals surface area contributed by atoms with E-state index in [2.05, 4.69) is 0 Å². The number of carbonyl (C=O) groups is 2. The van der Waals surface area contributed by atoms with Gasteiger partial charge >= 0.3 is 5.97 Å². The summed E-state index contributed by atoms with van der Waals surface area (Å²) in [5.74, 6) is -1.13. The molecule has 0 radical (unpaired) electrons. The summed E-state index contributed by atoms with van der Waals surface area (Å²) >= 11 is 0. The molecule has 0 spiro atoms. The van der Waals surface area contributed by atoms with Gasteiger partial charge in [0.15, 0.2) is 0 Å². The molecule has 2 rings (SSSR count). The zero-order chi connectivity index (χ0) is 14.2. The summed E-state index contributed by atoms with van der Waals surface area (Å²) in [7, 11) is 0. The second-order valence-corrected chi connectivity index (χ2v) is 6.34. The molecular formula is C14H23NO4. The van der Waals surface area contributed by atoms with E-state index in [1.165, 1.54) is 0 Å². The number of rotatable bonds is 2. The molecule has 0 saturated carbocycles. The van der Waals surface area contributed by atoms with Gasteiger partial charge in [-0.1, -0.05) is 13.8 Å². The number of ether oxygens (including phenoxy) is 1. The lowest BCUT2D eigenvalue weighted by Gasteiger charge is -2.45. The Labute approximate surface area is 113 Å². The Bertz CT molecular complexity index is 380. The second-order valence-electron chi connectivity index (χ2n) is 6.34. The zero-order valence-electron chi connectivity index (χ0n) is 11.9. The molecule has 1 amide bonds. The fourth-order valence-corrected chi connectivity index (χ4v) is 3.37. The van der Waals surface area contributed by atoms with Gasteiger partial charge in [0.1, 0.15) is 6.04 Å². The number of nitrogens with zero attached hydrogens (tertiary/aromatic N) is 1. The van der Waals surface area contributed by atoms with E-state index < -0.39 is 12.0 Å². The fraction of sp³-hybridized carbons (Fsp3) is 0.857. The Morgan fingerprint density at radius 3 is 2.58 bits per heavy atom. The Balaban J connectivity index is 2.21. The highest BCUT2D eigenvalue weighted by Gasteiger charge is 2.47. The van der Waals surface area contributed by atoms with Crippen LogP contribution in [0.4, 0.5) is 0 Å². The van der Waals surface area contributed by atoms with Gasteiger partial charge in [0, 0.05) is 13.2 Å². The topological polar surface area (TPSA) is 66.8 Å². The summed E-state index contributed by atoms with van der Waals surface area (Å²) in [6.07, 6.45) is 2.30. The van der Waals surface area contributed by atoms with Crippen LogP contribution in [0.3, 0.4) is 0 Å². The van der Waals surface area contributed by atoms with E-state index in [1.807, 2.05) is 20.8 Å². The summed E-state index contributed by atoms with van der Waals surface area (Å²) in [6, 6.07) is -0.721. The van der Waals surface area contributed by atoms with Gasteiger partial charge in [0.2, 0.25) is 5.91 Å². The van der Waals surface area contributed by atoms with Crippen molar-refractivity contribution < 1.29 is 19.4 Å². The van der Waals surface area contributed by atoms with Gasteiger partial charge in [-0.2, -0.15) is 0 Å². The van der Waals surface area contributed by atoms with Crippen LogP contribution in [0.25, 0.3) is 0 Å². The molecule has 2 fully saturated rings. The van der Waals surface area contributed by atoms with Gasteiger partial charge in [-0.3, -0.25) is 4.79 Å². The summed E-state index contributed by atoms with van der Waals surface area (Å²) in [6.45, 7) is 6.88. The molecule has 2 aliphatic heterocycles. The highest BCUT2D eigenvalue weighted by Crippen LogP contribution is 2.37. The molecule has 0 aromatic carbocycles. The molecule has 19 heavy (non-hydrogen) atoms. The summed E-state index contributed by atoms with van der Waals surface area (Å²) < 4.78 is 5.43. The Morgan fingerprint density at radius 2 is 2.05 bits per heavy atom. The first kappa shape index (κ1) is 14.3. The average molecular weight is 269 g/mol. The molecule has 2 aliphatic rings. The van der Waals surface area contributed by atoms with Gasteiger partial charge in [-0.25, -0.2) is 4.79 Å². The normalized spacial score (nSPS) is 34.3. The molecule has 0 aliphatic carbocycles. The Morgan fingerprint density at radius 1 is 1.37 bits per heavy atom. The molecule has 0 bridgehead atoms. The molecule has 2 saturated heterocycles. The fourth-order valence-electron chi connectivity index (χ4n) is 3.37. The van der Waals surface area contributed by atoms with Crippen LogP contribution in [0, 0.1) is 11.3 Å². The minimum atomic E-state index is -0.899. The minimum Gasteiger partial charge on any atom is -0.480 e. The van der Waals surface area contributed by atoms with Crippen molar-refractivity contribution >= 4 is 11.9 Å². The highest BCUT2D eigenvalue weighted by molar-refractivity contribution is 5.86. The lowest BCUT2D eigenvalue weighted by Crippen LogP contribution is -2.58. The number of hydrogen-bond acceptors (Lipinski definition) is 3. The van der Waals surface area contributed by atoms with E-state index in [4.69, 9.17) is 4.74 Å². The maximum absolute atomic E-state index is 12.6. The van der Waals surface area contributed by atoms with Gasteiger partial charge in [0.25, 0.3) is 0 Å². The van der Waals surface area contributed by atoms with Crippen molar-refractivity contribution in [2.75, 3.05) is 13.2 Å². The largest absolute Gasteiger partial charge is 0.480 e. The number of hydrogen-bond donors (Lipinski definition) is 1. The third kappa shape index (κ3) is 2.61. The van der Waals surface area contributed by atoms with E-state index in [0.717, 1.165) is 12.8 Å². The van der Waals surface area contributed by atoms with Gasteiger partial charge in [0.05, 0.1) is 12.0 Å². The van der Waals surface area contributed by atoms with Crippen LogP contribution >= 0.6 is 0 Å². The number of piperidine rings is 1. The Kier molecular flexibility index (Phi) is 3.85. The summed E-state index contributed by atoms with van der Waals surface area (Å²) in [5.41, 5.74) is -0.373. The van der Waals surface area contributed by atoms with Gasteiger partial charge in [-0.05, 0) is 31.6 Å². The van der Waals surface area contributed by atoms with Crippen LogP contribution in [0.15, 0.2) is 0 Å². The molecule has 108 valence electrons. The number of likely N-dealkylation sites (tertiary alicyclic amines) is 1. The lowest BCUT2D eigenvalue weighted by molar-refractivity contribution is -0.161. The molecule has 3 atom stereocenters. The molecular weight excluding hydrogens is 246 g/mol.